The van der Waals surface area contributed by atoms with Gasteiger partial charge in [0, 0.05) is 18.9 Å². The Labute approximate surface area is 171 Å². The Bertz CT molecular complexity index is 1110. The Kier molecular flexibility index (Phi) is 6.03. The van der Waals surface area contributed by atoms with E-state index in [1.807, 2.05) is 61.0 Å². The van der Waals surface area contributed by atoms with Crippen LogP contribution in [-0.2, 0) is 21.4 Å². The lowest BCUT2D eigenvalue weighted by molar-refractivity contribution is -0.119. The van der Waals surface area contributed by atoms with Gasteiger partial charge in [0.25, 0.3) is 0 Å². The highest BCUT2D eigenvalue weighted by Gasteiger charge is 2.22. The van der Waals surface area contributed by atoms with Gasteiger partial charge in [-0.2, -0.15) is 0 Å². The first kappa shape index (κ1) is 20.6. The third kappa shape index (κ3) is 5.03. The molecule has 0 aliphatic rings. The molecule has 1 N–H and O–H groups in total. The number of nitrogens with zero attached hydrogens (tertiary/aromatic N) is 3. The number of nitrogens with one attached hydrogen (secondary N) is 1. The maximum Gasteiger partial charge on any atom is 0.241 e. The number of hydrogen-bond donors (Lipinski definition) is 1. The van der Waals surface area contributed by atoms with Gasteiger partial charge in [0.1, 0.15) is 6.54 Å². The Morgan fingerprint density at radius 2 is 1.93 bits per heavy atom. The Balaban J connectivity index is 1.76. The zero-order valence-electron chi connectivity index (χ0n) is 16.7. The maximum atomic E-state index is 12.6. The quantitative estimate of drug-likeness (QED) is 0.646. The lowest BCUT2D eigenvalue weighted by Crippen LogP contribution is -2.40. The molecule has 0 spiro atoms. The molecule has 3 rings (SSSR count). The minimum Gasteiger partial charge on any atom is -0.350 e. The molecule has 1 amide bonds. The summed E-state index contributed by atoms with van der Waals surface area (Å²) in [5.74, 6) is -0.379. The van der Waals surface area contributed by atoms with E-state index in [9.17, 15) is 13.2 Å². The van der Waals surface area contributed by atoms with Gasteiger partial charge in [0.15, 0.2) is 0 Å². The summed E-state index contributed by atoms with van der Waals surface area (Å²) in [6.45, 7) is 3.76. The fourth-order valence-electron chi connectivity index (χ4n) is 3.16. The van der Waals surface area contributed by atoms with Crippen LogP contribution in [0.4, 0.5) is 5.69 Å². The van der Waals surface area contributed by atoms with Crippen LogP contribution in [0.3, 0.4) is 0 Å². The molecule has 0 atom stereocenters. The van der Waals surface area contributed by atoms with Crippen LogP contribution in [0.5, 0.6) is 0 Å². The van der Waals surface area contributed by atoms with E-state index in [2.05, 4.69) is 10.3 Å². The van der Waals surface area contributed by atoms with Crippen LogP contribution >= 0.6 is 0 Å². The zero-order valence-corrected chi connectivity index (χ0v) is 17.5. The number of imidazole rings is 1. The van der Waals surface area contributed by atoms with Gasteiger partial charge < -0.3 is 9.88 Å². The van der Waals surface area contributed by atoms with E-state index in [-0.39, 0.29) is 19.0 Å². The smallest absolute Gasteiger partial charge is 0.241 e. The molecule has 3 aromatic rings. The lowest BCUT2D eigenvalue weighted by atomic mass is 10.1. The summed E-state index contributed by atoms with van der Waals surface area (Å²) in [5, 5.41) is 2.83. The first-order chi connectivity index (χ1) is 13.8. The number of hydrogen-bond acceptors (Lipinski definition) is 4. The number of aromatic nitrogens is 2. The highest BCUT2D eigenvalue weighted by atomic mass is 32.2. The summed E-state index contributed by atoms with van der Waals surface area (Å²) < 4.78 is 27.6. The molecule has 0 unspecified atom stereocenters. The number of benzene rings is 2. The van der Waals surface area contributed by atoms with Crippen molar-refractivity contribution in [2.24, 2.45) is 0 Å². The third-order valence-corrected chi connectivity index (χ3v) is 5.69. The molecule has 1 aromatic heterocycles. The second-order valence-electron chi connectivity index (χ2n) is 6.93. The van der Waals surface area contributed by atoms with Crippen molar-refractivity contribution < 1.29 is 13.2 Å². The van der Waals surface area contributed by atoms with E-state index in [4.69, 9.17) is 0 Å². The normalized spacial score (nSPS) is 11.3. The summed E-state index contributed by atoms with van der Waals surface area (Å²) in [5.41, 5.74) is 4.14. The molecule has 8 heteroatoms. The van der Waals surface area contributed by atoms with Crippen LogP contribution in [0, 0.1) is 13.8 Å². The van der Waals surface area contributed by atoms with E-state index in [0.29, 0.717) is 5.69 Å². The Morgan fingerprint density at radius 1 is 1.17 bits per heavy atom. The molecule has 2 aromatic carbocycles. The number of carbonyl (C=O) groups excluding carboxylic acids is 1. The van der Waals surface area contributed by atoms with Crippen LogP contribution in [0.15, 0.2) is 61.2 Å². The van der Waals surface area contributed by atoms with Gasteiger partial charge in [0.2, 0.25) is 15.9 Å². The summed E-state index contributed by atoms with van der Waals surface area (Å²) >= 11 is 0. The first-order valence-electron chi connectivity index (χ1n) is 9.13. The van der Waals surface area contributed by atoms with Crippen LogP contribution in [0.1, 0.15) is 16.7 Å². The average Bonchev–Trinajstić information content (AvgIpc) is 3.19. The van der Waals surface area contributed by atoms with E-state index in [1.165, 1.54) is 0 Å². The van der Waals surface area contributed by atoms with Crippen LogP contribution < -0.4 is 9.62 Å². The van der Waals surface area contributed by atoms with Crippen LogP contribution in [0.2, 0.25) is 0 Å². The van der Waals surface area contributed by atoms with Crippen molar-refractivity contribution in [3.05, 3.63) is 77.9 Å². The van der Waals surface area contributed by atoms with Gasteiger partial charge in [0.05, 0.1) is 24.0 Å². The van der Waals surface area contributed by atoms with Crippen molar-refractivity contribution in [1.29, 1.82) is 0 Å². The van der Waals surface area contributed by atoms with Gasteiger partial charge >= 0.3 is 0 Å². The van der Waals surface area contributed by atoms with E-state index in [1.54, 1.807) is 18.6 Å². The second-order valence-corrected chi connectivity index (χ2v) is 8.84. The SMILES string of the molecule is Cc1ccc(N(CC(=O)NCc2ccccc2-n2ccnc2)S(C)(=O)=O)c(C)c1. The largest absolute Gasteiger partial charge is 0.350 e. The number of sulfonamides is 1. The molecule has 0 aliphatic carbocycles. The van der Waals surface area contributed by atoms with E-state index >= 15 is 0 Å². The van der Waals surface area contributed by atoms with Crippen molar-refractivity contribution in [2.45, 2.75) is 20.4 Å². The lowest BCUT2D eigenvalue weighted by Gasteiger charge is -2.24. The minimum absolute atomic E-state index is 0.275. The second kappa shape index (κ2) is 8.48. The molecule has 152 valence electrons. The molecule has 0 saturated carbocycles. The molecule has 1 heterocycles. The number of para-hydroxylation sites is 1. The number of carbonyl (C=O) groups is 1. The number of rotatable bonds is 7. The number of anilines is 1. The summed E-state index contributed by atoms with van der Waals surface area (Å²) in [7, 11) is -3.61. The van der Waals surface area contributed by atoms with Crippen molar-refractivity contribution in [3.63, 3.8) is 0 Å². The summed E-state index contributed by atoms with van der Waals surface area (Å²) in [4.78, 5) is 16.6. The predicted molar refractivity (Wildman–Crippen MR) is 114 cm³/mol. The predicted octanol–water partition coefficient (Wildman–Crippen LogP) is 2.57. The number of aryl methyl sites for hydroxylation is 2. The number of amides is 1. The molecule has 7 nitrogen and oxygen atoms in total. The average molecular weight is 413 g/mol. The minimum atomic E-state index is -3.61. The zero-order chi connectivity index (χ0) is 21.0. The van der Waals surface area contributed by atoms with Crippen LogP contribution in [0.25, 0.3) is 5.69 Å². The molecule has 0 aliphatic heterocycles. The highest BCUT2D eigenvalue weighted by molar-refractivity contribution is 7.92. The fourth-order valence-corrected chi connectivity index (χ4v) is 4.07. The molecule has 0 radical (unpaired) electrons. The van der Waals surface area contributed by atoms with Crippen molar-refractivity contribution >= 4 is 21.6 Å². The molecule has 0 saturated heterocycles. The molecule has 29 heavy (non-hydrogen) atoms. The van der Waals surface area contributed by atoms with Gasteiger partial charge in [-0.05, 0) is 37.1 Å². The third-order valence-electron chi connectivity index (χ3n) is 4.56. The molecule has 0 fully saturated rings. The van der Waals surface area contributed by atoms with Crippen molar-refractivity contribution in [3.8, 4) is 5.69 Å². The fraction of sp³-hybridized carbons (Fsp3) is 0.238. The van der Waals surface area contributed by atoms with Gasteiger partial charge in [-0.1, -0.05) is 35.9 Å². The molecular weight excluding hydrogens is 388 g/mol. The monoisotopic (exact) mass is 412 g/mol. The summed E-state index contributed by atoms with van der Waals surface area (Å²) in [6, 6.07) is 13.1. The standard InChI is InChI=1S/C21H24N4O3S/c1-16-8-9-19(17(2)12-16)25(29(3,27)28)14-21(26)23-13-18-6-4-5-7-20(18)24-11-10-22-15-24/h4-12,15H,13-14H2,1-3H3,(H,23,26). The van der Waals surface area contributed by atoms with Gasteiger partial charge in [-0.25, -0.2) is 13.4 Å². The van der Waals surface area contributed by atoms with Gasteiger partial charge in [-0.15, -0.1) is 0 Å². The Hall–Kier alpha value is -3.13. The topological polar surface area (TPSA) is 84.3 Å². The maximum absolute atomic E-state index is 12.6. The van der Waals surface area contributed by atoms with E-state index in [0.717, 1.165) is 32.9 Å². The van der Waals surface area contributed by atoms with Crippen molar-refractivity contribution in [1.82, 2.24) is 14.9 Å². The molecular formula is C21H24N4O3S. The van der Waals surface area contributed by atoms with Crippen molar-refractivity contribution in [2.75, 3.05) is 17.1 Å². The highest BCUT2D eigenvalue weighted by Crippen LogP contribution is 2.23. The summed E-state index contributed by atoms with van der Waals surface area (Å²) in [6.07, 6.45) is 6.30. The van der Waals surface area contributed by atoms with E-state index < -0.39 is 10.0 Å². The molecule has 0 bridgehead atoms. The first-order valence-corrected chi connectivity index (χ1v) is 11.0. The Morgan fingerprint density at radius 3 is 2.59 bits per heavy atom. The van der Waals surface area contributed by atoms with Crippen LogP contribution in [-0.4, -0.2) is 36.7 Å². The van der Waals surface area contributed by atoms with Gasteiger partial charge in [-0.3, -0.25) is 9.10 Å².